The predicted molar refractivity (Wildman–Crippen MR) is 185 cm³/mol. The normalized spacial score (nSPS) is 31.0. The van der Waals surface area contributed by atoms with Crippen molar-refractivity contribution < 1.29 is 53.4 Å². The summed E-state index contributed by atoms with van der Waals surface area (Å²) in [5.74, 6) is -3.74. The van der Waals surface area contributed by atoms with Crippen LogP contribution in [-0.4, -0.2) is 81.4 Å². The van der Waals surface area contributed by atoms with E-state index in [0.717, 1.165) is 5.56 Å². The molecule has 5 rings (SSSR count). The van der Waals surface area contributed by atoms with Crippen LogP contribution in [0.4, 0.5) is 0 Å². The van der Waals surface area contributed by atoms with E-state index in [9.17, 15) is 34.5 Å². The van der Waals surface area contributed by atoms with Gasteiger partial charge in [0.05, 0.1) is 22.7 Å². The van der Waals surface area contributed by atoms with Gasteiger partial charge in [-0.1, -0.05) is 62.0 Å². The Labute approximate surface area is 298 Å². The van der Waals surface area contributed by atoms with E-state index in [2.05, 4.69) is 6.58 Å². The van der Waals surface area contributed by atoms with E-state index in [1.54, 1.807) is 82.3 Å². The summed E-state index contributed by atoms with van der Waals surface area (Å²) in [5.41, 5.74) is -2.14. The standard InChI is InChI=1S/C40H48O11/c1-22-28-20-40(38(5,6)47)21-31(50-37(46)30(44)18-26-14-10-8-11-15-26)23(2)33(40)34(51-36(45)27-16-12-9-13-17-27)35(49-25(4)42)39(28,7)32(19-29(22)43)48-24(3)41/h8-17,28-32,34-35,43-44,47H,1,18-21H2,2-7H3/t28-,29+,30+,31+,32+,34-,35+,39+,40+/m1/s1. The molecule has 3 N–H and O–H groups in total. The van der Waals surface area contributed by atoms with Crippen LogP contribution < -0.4 is 0 Å². The quantitative estimate of drug-likeness (QED) is 0.192. The predicted octanol–water partition coefficient (Wildman–Crippen LogP) is 4.42. The first-order valence-corrected chi connectivity index (χ1v) is 17.2. The number of aliphatic hydroxyl groups excluding tert-OH is 2. The first-order valence-electron chi connectivity index (χ1n) is 17.2. The molecule has 0 saturated heterocycles. The number of aliphatic hydroxyl groups is 3. The SMILES string of the molecule is C=C1[C@H]2C[C@]3(C(C)(C)O)C[C@H](OC(=O)[C@@H](O)Cc4ccccc4)C(C)=C3[C@@H](OC(=O)c3ccccc3)[C@H](OC(C)=O)[C@]2(C)[C@@H](OC(C)=O)C[C@@H]1O. The second-order valence-corrected chi connectivity index (χ2v) is 14.8. The maximum absolute atomic E-state index is 14.0. The van der Waals surface area contributed by atoms with Gasteiger partial charge in [0, 0.05) is 38.5 Å². The summed E-state index contributed by atoms with van der Waals surface area (Å²) in [6.07, 6.45) is -7.32. The number of ether oxygens (including phenoxy) is 4. The Morgan fingerprint density at radius 2 is 1.51 bits per heavy atom. The first-order chi connectivity index (χ1) is 23.9. The maximum atomic E-state index is 14.0. The molecular weight excluding hydrogens is 656 g/mol. The zero-order chi connectivity index (χ0) is 37.5. The topological polar surface area (TPSA) is 166 Å². The van der Waals surface area contributed by atoms with Crippen LogP contribution >= 0.6 is 0 Å². The Balaban J connectivity index is 1.71. The van der Waals surface area contributed by atoms with Crippen LogP contribution in [0.25, 0.3) is 0 Å². The third-order valence-corrected chi connectivity index (χ3v) is 11.3. The van der Waals surface area contributed by atoms with E-state index in [1.807, 2.05) is 6.07 Å². The molecule has 0 heterocycles. The Kier molecular flexibility index (Phi) is 10.7. The van der Waals surface area contributed by atoms with Crippen LogP contribution in [0.3, 0.4) is 0 Å². The fraction of sp³-hybridized carbons (Fsp3) is 0.500. The number of hydrogen-bond donors (Lipinski definition) is 3. The minimum atomic E-state index is -1.60. The average Bonchev–Trinajstić information content (AvgIpc) is 3.30. The van der Waals surface area contributed by atoms with Crippen LogP contribution in [0.1, 0.15) is 76.7 Å². The van der Waals surface area contributed by atoms with E-state index in [0.29, 0.717) is 16.7 Å². The number of carbonyl (C=O) groups excluding carboxylic acids is 4. The van der Waals surface area contributed by atoms with Gasteiger partial charge in [-0.15, -0.1) is 0 Å². The minimum Gasteiger partial charge on any atom is -0.462 e. The molecule has 0 aliphatic heterocycles. The molecule has 0 unspecified atom stereocenters. The minimum absolute atomic E-state index is 0.00182. The van der Waals surface area contributed by atoms with Crippen molar-refractivity contribution in [1.82, 2.24) is 0 Å². The molecule has 11 heteroatoms. The van der Waals surface area contributed by atoms with E-state index >= 15 is 0 Å². The Morgan fingerprint density at radius 3 is 2.08 bits per heavy atom. The summed E-state index contributed by atoms with van der Waals surface area (Å²) in [4.78, 5) is 52.9. The molecule has 2 saturated carbocycles. The van der Waals surface area contributed by atoms with Gasteiger partial charge in [0.25, 0.3) is 0 Å². The van der Waals surface area contributed by atoms with Crippen molar-refractivity contribution in [2.75, 3.05) is 0 Å². The van der Waals surface area contributed by atoms with Crippen LogP contribution in [0.5, 0.6) is 0 Å². The lowest BCUT2D eigenvalue weighted by atomic mass is 9.56. The molecular formula is C40H48O11. The summed E-state index contributed by atoms with van der Waals surface area (Å²) in [7, 11) is 0. The highest BCUT2D eigenvalue weighted by molar-refractivity contribution is 5.89. The Hall–Kier alpha value is -4.32. The molecule has 0 amide bonds. The summed E-state index contributed by atoms with van der Waals surface area (Å²) >= 11 is 0. The first kappa shape index (κ1) is 37.9. The zero-order valence-electron chi connectivity index (χ0n) is 30.0. The smallest absolute Gasteiger partial charge is 0.338 e. The summed E-state index contributed by atoms with van der Waals surface area (Å²) < 4.78 is 24.4. The molecule has 11 nitrogen and oxygen atoms in total. The number of fused-ring (bicyclic) bond motifs is 2. The molecule has 2 fully saturated rings. The number of carbonyl (C=O) groups is 4. The molecule has 2 aromatic carbocycles. The molecule has 3 aliphatic rings. The van der Waals surface area contributed by atoms with Crippen molar-refractivity contribution in [3.63, 3.8) is 0 Å². The Morgan fingerprint density at radius 1 is 0.922 bits per heavy atom. The fourth-order valence-corrected chi connectivity index (χ4v) is 8.56. The van der Waals surface area contributed by atoms with Crippen LogP contribution in [0, 0.1) is 16.7 Å². The second-order valence-electron chi connectivity index (χ2n) is 14.8. The number of esters is 4. The van der Waals surface area contributed by atoms with Crippen LogP contribution in [0.2, 0.25) is 0 Å². The second kappa shape index (κ2) is 14.4. The molecule has 0 radical (unpaired) electrons. The van der Waals surface area contributed by atoms with Gasteiger partial charge in [-0.25, -0.2) is 9.59 Å². The summed E-state index contributed by atoms with van der Waals surface area (Å²) in [5, 5.41) is 34.4. The zero-order valence-corrected chi connectivity index (χ0v) is 30.0. The lowest BCUT2D eigenvalue weighted by Gasteiger charge is -2.53. The highest BCUT2D eigenvalue weighted by Gasteiger charge is 2.69. The fourth-order valence-electron chi connectivity index (χ4n) is 8.56. The monoisotopic (exact) mass is 704 g/mol. The molecule has 0 bridgehead atoms. The molecule has 0 spiro atoms. The van der Waals surface area contributed by atoms with E-state index in [-0.39, 0.29) is 31.2 Å². The van der Waals surface area contributed by atoms with E-state index in [1.165, 1.54) is 13.8 Å². The van der Waals surface area contributed by atoms with Crippen LogP contribution in [-0.2, 0) is 39.8 Å². The maximum Gasteiger partial charge on any atom is 0.338 e. The molecule has 274 valence electrons. The molecule has 51 heavy (non-hydrogen) atoms. The van der Waals surface area contributed by atoms with E-state index in [4.69, 9.17) is 18.9 Å². The summed E-state index contributed by atoms with van der Waals surface area (Å²) in [6.45, 7) is 13.3. The average molecular weight is 705 g/mol. The highest BCUT2D eigenvalue weighted by atomic mass is 16.6. The lowest BCUT2D eigenvalue weighted by Crippen LogP contribution is -2.60. The summed E-state index contributed by atoms with van der Waals surface area (Å²) in [6, 6.07) is 17.2. The van der Waals surface area contributed by atoms with Crippen molar-refractivity contribution >= 4 is 23.9 Å². The third-order valence-electron chi connectivity index (χ3n) is 11.3. The molecule has 0 aromatic heterocycles. The third kappa shape index (κ3) is 7.11. The largest absolute Gasteiger partial charge is 0.462 e. The van der Waals surface area contributed by atoms with Crippen molar-refractivity contribution in [3.05, 3.63) is 95.1 Å². The van der Waals surface area contributed by atoms with Crippen molar-refractivity contribution in [2.45, 2.75) is 109 Å². The van der Waals surface area contributed by atoms with Crippen molar-refractivity contribution in [3.8, 4) is 0 Å². The molecule has 2 aromatic rings. The lowest BCUT2D eigenvalue weighted by molar-refractivity contribution is -0.195. The van der Waals surface area contributed by atoms with Crippen molar-refractivity contribution in [2.24, 2.45) is 16.7 Å². The van der Waals surface area contributed by atoms with Gasteiger partial charge in [-0.2, -0.15) is 0 Å². The molecule has 9 atom stereocenters. The number of benzene rings is 2. The highest BCUT2D eigenvalue weighted by Crippen LogP contribution is 2.65. The Bertz CT molecular complexity index is 1690. The van der Waals surface area contributed by atoms with Crippen molar-refractivity contribution in [1.29, 1.82) is 0 Å². The van der Waals surface area contributed by atoms with Gasteiger partial charge in [-0.05, 0) is 67.5 Å². The number of rotatable bonds is 9. The van der Waals surface area contributed by atoms with Gasteiger partial charge >= 0.3 is 23.9 Å². The van der Waals surface area contributed by atoms with Gasteiger partial charge in [0.1, 0.15) is 12.2 Å². The van der Waals surface area contributed by atoms with Gasteiger partial charge in [-0.3, -0.25) is 9.59 Å². The van der Waals surface area contributed by atoms with Gasteiger partial charge in [0.2, 0.25) is 0 Å². The van der Waals surface area contributed by atoms with Crippen LogP contribution in [0.15, 0.2) is 84.0 Å². The molecule has 3 aliphatic carbocycles. The van der Waals surface area contributed by atoms with Gasteiger partial charge < -0.3 is 34.3 Å². The van der Waals surface area contributed by atoms with E-state index < -0.39 is 82.8 Å². The van der Waals surface area contributed by atoms with Gasteiger partial charge in [0.15, 0.2) is 18.3 Å². The number of hydrogen-bond acceptors (Lipinski definition) is 11.